The van der Waals surface area contributed by atoms with Crippen molar-refractivity contribution in [1.82, 2.24) is 10.2 Å². The molecule has 4 rings (SSSR count). The van der Waals surface area contributed by atoms with Crippen molar-refractivity contribution in [2.24, 2.45) is 4.99 Å². The van der Waals surface area contributed by atoms with Crippen LogP contribution < -0.4 is 11.2 Å². The Bertz CT molecular complexity index is 910. The second-order valence-corrected chi connectivity index (χ2v) is 5.39. The van der Waals surface area contributed by atoms with Crippen LogP contribution in [0.2, 0.25) is 0 Å². The van der Waals surface area contributed by atoms with E-state index >= 15 is 0 Å². The minimum atomic E-state index is -0.546. The Hall–Kier alpha value is -2.73. The summed E-state index contributed by atoms with van der Waals surface area (Å²) in [6.45, 7) is -0.546. The summed E-state index contributed by atoms with van der Waals surface area (Å²) < 4.78 is 0. The molecule has 22 heavy (non-hydrogen) atoms. The van der Waals surface area contributed by atoms with Gasteiger partial charge in [0.15, 0.2) is 0 Å². The molecular weight excluding hydrogens is 275 g/mol. The highest BCUT2D eigenvalue weighted by Crippen LogP contribution is 2.25. The van der Waals surface area contributed by atoms with Crippen LogP contribution in [0.3, 0.4) is 0 Å². The molecule has 0 atom stereocenters. The normalized spacial score (nSPS) is 13.4. The molecule has 5 nitrogen and oxygen atoms in total. The van der Waals surface area contributed by atoms with E-state index in [9.17, 15) is 5.02 Å². The molecule has 1 aromatic heterocycles. The molecule has 0 fully saturated rings. The second-order valence-electron chi connectivity index (χ2n) is 5.39. The van der Waals surface area contributed by atoms with Crippen LogP contribution >= 0.6 is 0 Å². The predicted octanol–water partition coefficient (Wildman–Crippen LogP) is 1.04. The van der Waals surface area contributed by atoms with E-state index < -0.39 is 6.92 Å². The molecule has 1 aliphatic heterocycles. The summed E-state index contributed by atoms with van der Waals surface area (Å²) >= 11 is 0. The average molecular weight is 288 g/mol. The third-order valence-electron chi connectivity index (χ3n) is 3.96. The fraction of sp³-hybridized carbons (Fsp3) is 0.0625. The van der Waals surface area contributed by atoms with Crippen LogP contribution in [0.5, 0.6) is 0 Å². The Balaban J connectivity index is 1.85. The minimum absolute atomic E-state index is 0.413. The number of aromatic nitrogens is 2. The number of nitrogens with zero attached hydrogens (tertiary/aromatic N) is 3. The lowest BCUT2D eigenvalue weighted by Gasteiger charge is -2.15. The third-order valence-corrected chi connectivity index (χ3v) is 3.96. The molecular formula is C16H13BN4O. The lowest BCUT2D eigenvalue weighted by atomic mass is 9.58. The molecule has 0 amide bonds. The molecule has 0 bridgehead atoms. The zero-order valence-corrected chi connectivity index (χ0v) is 11.8. The summed E-state index contributed by atoms with van der Waals surface area (Å²) in [6.07, 6.45) is 3.77. The van der Waals surface area contributed by atoms with E-state index in [1.807, 2.05) is 36.4 Å². The zero-order valence-electron chi connectivity index (χ0n) is 11.8. The number of nitrogens with two attached hydrogens (primary N) is 1. The van der Waals surface area contributed by atoms with Gasteiger partial charge in [-0.1, -0.05) is 24.3 Å². The van der Waals surface area contributed by atoms with Crippen molar-refractivity contribution in [3.8, 4) is 11.1 Å². The maximum absolute atomic E-state index is 10.1. The Morgan fingerprint density at radius 2 is 1.91 bits per heavy atom. The highest BCUT2D eigenvalue weighted by Gasteiger charge is 2.20. The topological polar surface area (TPSA) is 84.4 Å². The van der Waals surface area contributed by atoms with Crippen LogP contribution in [-0.4, -0.2) is 34.8 Å². The predicted molar refractivity (Wildman–Crippen MR) is 89.5 cm³/mol. The third kappa shape index (κ3) is 2.05. The molecule has 3 N–H and O–H groups in total. The highest BCUT2D eigenvalue weighted by atomic mass is 16.2. The Kier molecular flexibility index (Phi) is 2.90. The standard InChI is InChI=1S/C16H13BN4O/c18-15-8-20-21-16-6-11(3-4-13(15)16)10-1-2-12-7-19-9-17(22)14(12)5-10/h1-8,22H,9H2,(H2,18,21). The average Bonchev–Trinajstić information content (AvgIpc) is 2.55. The van der Waals surface area contributed by atoms with E-state index in [4.69, 9.17) is 5.73 Å². The first-order valence-corrected chi connectivity index (χ1v) is 7.05. The smallest absolute Gasteiger partial charge is 0.346 e. The first-order chi connectivity index (χ1) is 10.7. The molecule has 0 unspecified atom stereocenters. The Labute approximate surface area is 127 Å². The van der Waals surface area contributed by atoms with Crippen molar-refractivity contribution >= 4 is 35.2 Å². The Morgan fingerprint density at radius 1 is 1.09 bits per heavy atom. The van der Waals surface area contributed by atoms with E-state index in [0.717, 1.165) is 33.1 Å². The van der Waals surface area contributed by atoms with E-state index in [1.165, 1.54) is 0 Å². The first kappa shape index (κ1) is 13.0. The van der Waals surface area contributed by atoms with Gasteiger partial charge in [0.05, 0.1) is 17.4 Å². The van der Waals surface area contributed by atoms with Gasteiger partial charge in [0.1, 0.15) is 0 Å². The largest absolute Gasteiger partial charge is 0.445 e. The van der Waals surface area contributed by atoms with E-state index in [1.54, 1.807) is 12.4 Å². The van der Waals surface area contributed by atoms with Gasteiger partial charge in [-0.2, -0.15) is 10.2 Å². The molecule has 0 aliphatic carbocycles. The van der Waals surface area contributed by atoms with Crippen molar-refractivity contribution in [2.45, 2.75) is 0 Å². The monoisotopic (exact) mass is 288 g/mol. The van der Waals surface area contributed by atoms with Gasteiger partial charge in [-0.15, -0.1) is 0 Å². The van der Waals surface area contributed by atoms with Crippen LogP contribution in [0.15, 0.2) is 47.6 Å². The maximum Gasteiger partial charge on any atom is 0.346 e. The van der Waals surface area contributed by atoms with Crippen LogP contribution in [-0.2, 0) is 0 Å². The van der Waals surface area contributed by atoms with Crippen molar-refractivity contribution in [3.05, 3.63) is 48.2 Å². The first-order valence-electron chi connectivity index (χ1n) is 7.05. The molecule has 6 heteroatoms. The number of rotatable bonds is 1. The summed E-state index contributed by atoms with van der Waals surface area (Å²) in [4.78, 5) is 4.15. The van der Waals surface area contributed by atoms with Gasteiger partial charge in [0.25, 0.3) is 0 Å². The number of hydrogen-bond acceptors (Lipinski definition) is 5. The minimum Gasteiger partial charge on any atom is -0.445 e. The van der Waals surface area contributed by atoms with Gasteiger partial charge >= 0.3 is 6.92 Å². The van der Waals surface area contributed by atoms with Crippen LogP contribution in [0, 0.1) is 0 Å². The summed E-state index contributed by atoms with van der Waals surface area (Å²) in [5.74, 6) is 0. The fourth-order valence-electron chi connectivity index (χ4n) is 2.77. The Morgan fingerprint density at radius 3 is 2.82 bits per heavy atom. The van der Waals surface area contributed by atoms with Gasteiger partial charge in [0, 0.05) is 18.0 Å². The molecule has 0 saturated carbocycles. The fourth-order valence-corrected chi connectivity index (χ4v) is 2.77. The van der Waals surface area contributed by atoms with E-state index in [-0.39, 0.29) is 0 Å². The molecule has 1 aliphatic rings. The van der Waals surface area contributed by atoms with Gasteiger partial charge in [-0.3, -0.25) is 4.99 Å². The van der Waals surface area contributed by atoms with Crippen LogP contribution in [0.4, 0.5) is 5.69 Å². The summed E-state index contributed by atoms with van der Waals surface area (Å²) in [6, 6.07) is 11.9. The number of benzene rings is 2. The number of fused-ring (bicyclic) bond motifs is 2. The summed E-state index contributed by atoms with van der Waals surface area (Å²) in [7, 11) is 0. The van der Waals surface area contributed by atoms with Gasteiger partial charge in [-0.05, 0) is 34.3 Å². The number of hydrogen-bond donors (Lipinski definition) is 2. The SMILES string of the molecule is Nc1cnnc2cc(-c3ccc4c(c3)B(O)CN=C4)ccc12. The lowest BCUT2D eigenvalue weighted by Crippen LogP contribution is -2.39. The van der Waals surface area contributed by atoms with Crippen molar-refractivity contribution in [3.63, 3.8) is 0 Å². The molecule has 0 radical (unpaired) electrons. The second kappa shape index (κ2) is 4.93. The molecule has 106 valence electrons. The molecule has 0 saturated heterocycles. The van der Waals surface area contributed by atoms with Gasteiger partial charge in [-0.25, -0.2) is 0 Å². The quantitative estimate of drug-likeness (QED) is 0.655. The molecule has 3 aromatic rings. The van der Waals surface area contributed by atoms with Crippen LogP contribution in [0.1, 0.15) is 5.56 Å². The number of anilines is 1. The number of nitrogen functional groups attached to an aromatic ring is 1. The molecule has 2 heterocycles. The van der Waals surface area contributed by atoms with Gasteiger partial charge in [0.2, 0.25) is 0 Å². The zero-order chi connectivity index (χ0) is 15.1. The van der Waals surface area contributed by atoms with E-state index in [2.05, 4.69) is 15.2 Å². The maximum atomic E-state index is 10.1. The lowest BCUT2D eigenvalue weighted by molar-refractivity contribution is 0.585. The van der Waals surface area contributed by atoms with E-state index in [0.29, 0.717) is 12.1 Å². The summed E-state index contributed by atoms with van der Waals surface area (Å²) in [5.41, 5.74) is 11.2. The highest BCUT2D eigenvalue weighted by molar-refractivity contribution is 6.68. The van der Waals surface area contributed by atoms with Gasteiger partial charge < -0.3 is 10.8 Å². The van der Waals surface area contributed by atoms with Crippen LogP contribution in [0.25, 0.3) is 22.0 Å². The number of aliphatic imine (C=N–C) groups is 1. The van der Waals surface area contributed by atoms with Crippen molar-refractivity contribution in [1.29, 1.82) is 0 Å². The molecule has 2 aromatic carbocycles. The summed E-state index contributed by atoms with van der Waals surface area (Å²) in [5, 5.41) is 19.0. The molecule has 0 spiro atoms. The van der Waals surface area contributed by atoms with Crippen molar-refractivity contribution < 1.29 is 5.02 Å². The van der Waals surface area contributed by atoms with Crippen molar-refractivity contribution in [2.75, 3.05) is 12.2 Å².